The van der Waals surface area contributed by atoms with Crippen LogP contribution in [-0.2, 0) is 13.1 Å². The molecule has 1 aliphatic rings. The molecule has 0 amide bonds. The summed E-state index contributed by atoms with van der Waals surface area (Å²) in [6.07, 6.45) is -1.05. The van der Waals surface area contributed by atoms with Gasteiger partial charge in [0, 0.05) is 37.9 Å². The molecular formula is C14H18F3N3. The average Bonchev–Trinajstić information content (AvgIpc) is 2.41. The molecule has 2 rings (SSSR count). The molecule has 1 N–H and O–H groups in total. The first-order chi connectivity index (χ1) is 9.49. The molecule has 3 nitrogen and oxygen atoms in total. The van der Waals surface area contributed by atoms with Crippen molar-refractivity contribution in [3.05, 3.63) is 41.2 Å². The highest BCUT2D eigenvalue weighted by atomic mass is 19.4. The van der Waals surface area contributed by atoms with Crippen LogP contribution in [-0.4, -0.2) is 36.2 Å². The second-order valence-corrected chi connectivity index (χ2v) is 4.90. The van der Waals surface area contributed by atoms with Crippen molar-refractivity contribution in [3.8, 4) is 0 Å². The van der Waals surface area contributed by atoms with E-state index in [9.17, 15) is 13.2 Å². The monoisotopic (exact) mass is 285 g/mol. The highest BCUT2D eigenvalue weighted by Gasteiger charge is 2.34. The van der Waals surface area contributed by atoms with E-state index in [0.717, 1.165) is 17.8 Å². The Morgan fingerprint density at radius 2 is 2.15 bits per heavy atom. The highest BCUT2D eigenvalue weighted by Crippen LogP contribution is 2.30. The minimum Gasteiger partial charge on any atom is -0.316 e. The zero-order valence-corrected chi connectivity index (χ0v) is 11.4. The molecular weight excluding hydrogens is 267 g/mol. The van der Waals surface area contributed by atoms with Crippen molar-refractivity contribution in [2.24, 2.45) is 0 Å². The summed E-state index contributed by atoms with van der Waals surface area (Å²) < 4.78 is 37.5. The lowest BCUT2D eigenvalue weighted by Crippen LogP contribution is -2.31. The van der Waals surface area contributed by atoms with Gasteiger partial charge in [-0.1, -0.05) is 12.1 Å². The van der Waals surface area contributed by atoms with Gasteiger partial charge in [-0.3, -0.25) is 9.88 Å². The molecule has 6 heteroatoms. The maximum absolute atomic E-state index is 12.5. The first-order valence-electron chi connectivity index (χ1n) is 6.56. The van der Waals surface area contributed by atoms with Crippen LogP contribution >= 0.6 is 0 Å². The number of nitrogens with one attached hydrogen (secondary N) is 1. The van der Waals surface area contributed by atoms with Crippen LogP contribution < -0.4 is 5.32 Å². The van der Waals surface area contributed by atoms with E-state index in [1.54, 1.807) is 6.20 Å². The molecule has 110 valence electrons. The lowest BCUT2D eigenvalue weighted by Gasteiger charge is -2.26. The van der Waals surface area contributed by atoms with Crippen molar-refractivity contribution in [3.63, 3.8) is 0 Å². The zero-order valence-electron chi connectivity index (χ0n) is 11.4. The molecule has 0 atom stereocenters. The van der Waals surface area contributed by atoms with Crippen molar-refractivity contribution in [1.82, 2.24) is 15.2 Å². The smallest absolute Gasteiger partial charge is 0.316 e. The van der Waals surface area contributed by atoms with E-state index in [1.165, 1.54) is 6.08 Å². The van der Waals surface area contributed by atoms with Crippen molar-refractivity contribution in [2.75, 3.05) is 20.1 Å². The quantitative estimate of drug-likeness (QED) is 0.862. The van der Waals surface area contributed by atoms with Crippen LogP contribution in [0.2, 0.25) is 0 Å². The molecule has 0 saturated heterocycles. The van der Waals surface area contributed by atoms with Crippen LogP contribution in [0.4, 0.5) is 13.2 Å². The Labute approximate surface area is 116 Å². The van der Waals surface area contributed by atoms with Gasteiger partial charge in [0.15, 0.2) is 0 Å². The fraction of sp³-hybridized carbons (Fsp3) is 0.500. The minimum absolute atomic E-state index is 0.0569. The van der Waals surface area contributed by atoms with E-state index < -0.39 is 11.7 Å². The van der Waals surface area contributed by atoms with Gasteiger partial charge in [0.25, 0.3) is 0 Å². The minimum atomic E-state index is -4.18. The summed E-state index contributed by atoms with van der Waals surface area (Å²) in [4.78, 5) is 6.30. The van der Waals surface area contributed by atoms with Gasteiger partial charge >= 0.3 is 6.18 Å². The van der Waals surface area contributed by atoms with Gasteiger partial charge < -0.3 is 5.32 Å². The Morgan fingerprint density at radius 1 is 1.35 bits per heavy atom. The molecule has 0 spiro atoms. The standard InChI is InChI=1S/C14H18F3N3/c1-18-8-11-2-3-13(19-9-11)10-20-6-4-12(5-7-20)14(15,16)17/h2-4,9,18H,5-8,10H2,1H3. The van der Waals surface area contributed by atoms with E-state index in [2.05, 4.69) is 10.3 Å². The fourth-order valence-electron chi connectivity index (χ4n) is 2.20. The predicted octanol–water partition coefficient (Wildman–Crippen LogP) is 2.50. The number of alkyl halides is 3. The normalized spacial score (nSPS) is 17.1. The SMILES string of the molecule is CNCc1ccc(CN2CC=C(C(F)(F)F)CC2)nc1. The first kappa shape index (κ1) is 15.0. The number of aromatic nitrogens is 1. The van der Waals surface area contributed by atoms with E-state index in [0.29, 0.717) is 19.6 Å². The van der Waals surface area contributed by atoms with Gasteiger partial charge in [0.05, 0.1) is 5.69 Å². The molecule has 1 aromatic rings. The zero-order chi connectivity index (χ0) is 14.6. The summed E-state index contributed by atoms with van der Waals surface area (Å²) in [5.41, 5.74) is 1.56. The van der Waals surface area contributed by atoms with Gasteiger partial charge in [-0.15, -0.1) is 0 Å². The van der Waals surface area contributed by atoms with Crippen LogP contribution in [0.1, 0.15) is 17.7 Å². The van der Waals surface area contributed by atoms with Gasteiger partial charge in [0.2, 0.25) is 0 Å². The summed E-state index contributed by atoms with van der Waals surface area (Å²) in [5.74, 6) is 0. The maximum atomic E-state index is 12.5. The summed E-state index contributed by atoms with van der Waals surface area (Å²) in [7, 11) is 1.87. The number of pyridine rings is 1. The van der Waals surface area contributed by atoms with Crippen LogP contribution in [0.15, 0.2) is 30.0 Å². The van der Waals surface area contributed by atoms with E-state index >= 15 is 0 Å². The van der Waals surface area contributed by atoms with E-state index in [-0.39, 0.29) is 6.42 Å². The van der Waals surface area contributed by atoms with Crippen molar-refractivity contribution < 1.29 is 13.2 Å². The van der Waals surface area contributed by atoms with Crippen molar-refractivity contribution >= 4 is 0 Å². The number of rotatable bonds is 4. The molecule has 1 aromatic heterocycles. The second-order valence-electron chi connectivity index (χ2n) is 4.90. The fourth-order valence-corrected chi connectivity index (χ4v) is 2.20. The molecule has 0 aliphatic carbocycles. The lowest BCUT2D eigenvalue weighted by molar-refractivity contribution is -0.0960. The number of hydrogen-bond donors (Lipinski definition) is 1. The maximum Gasteiger partial charge on any atom is 0.412 e. The van der Waals surface area contributed by atoms with Crippen LogP contribution in [0.25, 0.3) is 0 Å². The molecule has 20 heavy (non-hydrogen) atoms. The summed E-state index contributed by atoms with van der Waals surface area (Å²) in [6.45, 7) is 2.09. The van der Waals surface area contributed by atoms with Gasteiger partial charge in [0.1, 0.15) is 0 Å². The van der Waals surface area contributed by atoms with Gasteiger partial charge in [-0.05, 0) is 25.1 Å². The van der Waals surface area contributed by atoms with Gasteiger partial charge in [-0.2, -0.15) is 13.2 Å². The van der Waals surface area contributed by atoms with E-state index in [1.807, 2.05) is 24.1 Å². The third-order valence-corrected chi connectivity index (χ3v) is 3.31. The number of nitrogens with zero attached hydrogens (tertiary/aromatic N) is 2. The Hall–Kier alpha value is -1.40. The second kappa shape index (κ2) is 6.37. The number of hydrogen-bond acceptors (Lipinski definition) is 3. The van der Waals surface area contributed by atoms with E-state index in [4.69, 9.17) is 0 Å². The first-order valence-corrected chi connectivity index (χ1v) is 6.56. The molecule has 1 aliphatic heterocycles. The predicted molar refractivity (Wildman–Crippen MR) is 71.0 cm³/mol. The Kier molecular flexibility index (Phi) is 4.77. The topological polar surface area (TPSA) is 28.2 Å². The molecule has 0 fully saturated rings. The Bertz CT molecular complexity index is 466. The van der Waals surface area contributed by atoms with Crippen LogP contribution in [0.3, 0.4) is 0 Å². The number of halogens is 3. The van der Waals surface area contributed by atoms with Crippen LogP contribution in [0, 0.1) is 0 Å². The molecule has 2 heterocycles. The summed E-state index contributed by atoms with van der Waals surface area (Å²) >= 11 is 0. The van der Waals surface area contributed by atoms with Crippen LogP contribution in [0.5, 0.6) is 0 Å². The Balaban J connectivity index is 1.91. The summed E-state index contributed by atoms with van der Waals surface area (Å²) in [5, 5.41) is 3.04. The molecule has 0 bridgehead atoms. The third kappa shape index (κ3) is 4.05. The molecule has 0 aromatic carbocycles. The lowest BCUT2D eigenvalue weighted by atomic mass is 10.1. The molecule has 0 saturated carbocycles. The van der Waals surface area contributed by atoms with Crippen molar-refractivity contribution in [1.29, 1.82) is 0 Å². The average molecular weight is 285 g/mol. The Morgan fingerprint density at radius 3 is 2.65 bits per heavy atom. The third-order valence-electron chi connectivity index (χ3n) is 3.31. The molecule has 0 radical (unpaired) electrons. The van der Waals surface area contributed by atoms with Gasteiger partial charge in [-0.25, -0.2) is 0 Å². The summed E-state index contributed by atoms with van der Waals surface area (Å²) in [6, 6.07) is 3.91. The van der Waals surface area contributed by atoms with Crippen molar-refractivity contribution in [2.45, 2.75) is 25.7 Å². The largest absolute Gasteiger partial charge is 0.412 e. The highest BCUT2D eigenvalue weighted by molar-refractivity contribution is 5.16. The molecule has 0 unspecified atom stereocenters.